The largest absolute Gasteiger partial charge is 0.543 e. The first kappa shape index (κ1) is 26.5. The number of rotatable bonds is 10. The molecule has 196 valence electrons. The lowest BCUT2D eigenvalue weighted by molar-refractivity contribution is -0.689. The molecule has 37 heavy (non-hydrogen) atoms. The van der Waals surface area contributed by atoms with Crippen LogP contribution in [0.4, 0.5) is 5.13 Å². The predicted molar refractivity (Wildman–Crippen MR) is 134 cm³/mol. The van der Waals surface area contributed by atoms with E-state index in [1.54, 1.807) is 13.8 Å². The maximum absolute atomic E-state index is 13.0. The second kappa shape index (κ2) is 11.2. The number of hydrogen-bond donors (Lipinski definition) is 3. The molecule has 4 rings (SSSR count). The number of amides is 2. The number of nitrogens with two attached hydrogens (primary N) is 2. The fourth-order valence-electron chi connectivity index (χ4n) is 3.82. The fourth-order valence-corrected chi connectivity index (χ4v) is 5.59. The third-order valence-corrected chi connectivity index (χ3v) is 7.40. The Morgan fingerprint density at radius 3 is 2.70 bits per heavy atom. The van der Waals surface area contributed by atoms with Crippen molar-refractivity contribution in [2.75, 3.05) is 18.0 Å². The number of fused-ring (bicyclic) bond motifs is 1. The summed E-state index contributed by atoms with van der Waals surface area (Å²) in [6, 6.07) is 2.85. The van der Waals surface area contributed by atoms with Crippen LogP contribution in [0.25, 0.3) is 0 Å². The molecule has 2 aromatic heterocycles. The van der Waals surface area contributed by atoms with Gasteiger partial charge in [0, 0.05) is 35.0 Å². The first-order chi connectivity index (χ1) is 17.7. The number of carbonyl (C=O) groups is 3. The van der Waals surface area contributed by atoms with Gasteiger partial charge in [-0.25, -0.2) is 4.57 Å². The van der Waals surface area contributed by atoms with E-state index in [1.165, 1.54) is 11.8 Å². The van der Waals surface area contributed by atoms with Gasteiger partial charge in [-0.15, -0.1) is 11.8 Å². The van der Waals surface area contributed by atoms with Gasteiger partial charge < -0.3 is 31.5 Å². The number of β-lactam (4-membered cyclic amide) rings is 1. The minimum Gasteiger partial charge on any atom is -0.543 e. The van der Waals surface area contributed by atoms with Gasteiger partial charge in [-0.05, 0) is 32.4 Å². The molecule has 5 N–H and O–H groups in total. The molecule has 2 atom stereocenters. The summed E-state index contributed by atoms with van der Waals surface area (Å²) in [4.78, 5) is 48.4. The van der Waals surface area contributed by atoms with Crippen molar-refractivity contribution < 1.29 is 28.9 Å². The summed E-state index contributed by atoms with van der Waals surface area (Å²) in [7, 11) is 0. The lowest BCUT2D eigenvalue weighted by atomic mass is 10.0. The van der Waals surface area contributed by atoms with Gasteiger partial charge in [0.25, 0.3) is 11.8 Å². The lowest BCUT2D eigenvalue weighted by Crippen LogP contribution is -2.71. The highest BCUT2D eigenvalue weighted by Crippen LogP contribution is 2.40. The van der Waals surface area contributed by atoms with Crippen LogP contribution in [-0.2, 0) is 32.2 Å². The average Bonchev–Trinajstić information content (AvgIpc) is 3.29. The molecule has 0 aromatic carbocycles. The Labute approximate surface area is 220 Å². The molecule has 0 bridgehead atoms. The zero-order chi connectivity index (χ0) is 26.7. The fraction of sp³-hybridized carbons (Fsp3) is 0.409. The van der Waals surface area contributed by atoms with Crippen molar-refractivity contribution in [1.29, 1.82) is 0 Å². The van der Waals surface area contributed by atoms with Crippen molar-refractivity contribution in [1.82, 2.24) is 19.6 Å². The van der Waals surface area contributed by atoms with Crippen molar-refractivity contribution in [3.8, 4) is 0 Å². The Balaban J connectivity index is 1.51. The van der Waals surface area contributed by atoms with E-state index in [0.717, 1.165) is 28.4 Å². The van der Waals surface area contributed by atoms with Crippen LogP contribution in [0.3, 0.4) is 0 Å². The zero-order valence-corrected chi connectivity index (χ0v) is 21.8. The summed E-state index contributed by atoms with van der Waals surface area (Å²) < 4.78 is 5.83. The third-order valence-electron chi connectivity index (χ3n) is 5.52. The van der Waals surface area contributed by atoms with E-state index in [9.17, 15) is 19.5 Å². The first-order valence-electron chi connectivity index (χ1n) is 11.4. The summed E-state index contributed by atoms with van der Waals surface area (Å²) in [5, 5.41) is 18.0. The average molecular weight is 547 g/mol. The quantitative estimate of drug-likeness (QED) is 0.132. The van der Waals surface area contributed by atoms with Crippen LogP contribution < -0.4 is 26.5 Å². The molecule has 13 nitrogen and oxygen atoms in total. The number of thioether (sulfide) groups is 1. The SMILES string of the molecule is CC(C)O/N=C(\C(=O)NC1C(=O)N2C(C(=O)[O-])=C(C[n+]3ccc(CCN)cc3)CSC12)c1nsc(N)n1. The Hall–Kier alpha value is -3.56. The van der Waals surface area contributed by atoms with Gasteiger partial charge in [0.15, 0.2) is 24.1 Å². The number of oxime groups is 1. The smallest absolute Gasteiger partial charge is 0.278 e. The van der Waals surface area contributed by atoms with E-state index in [2.05, 4.69) is 19.8 Å². The summed E-state index contributed by atoms with van der Waals surface area (Å²) in [5.41, 5.74) is 12.4. The molecule has 2 aromatic rings. The number of aromatic nitrogens is 3. The second-order valence-corrected chi connectivity index (χ2v) is 10.5. The molecular formula is C22H26N8O5S2. The lowest BCUT2D eigenvalue weighted by Gasteiger charge is -2.50. The van der Waals surface area contributed by atoms with E-state index in [4.69, 9.17) is 16.3 Å². The number of aliphatic carboxylic acids is 1. The Morgan fingerprint density at radius 2 is 2.11 bits per heavy atom. The molecule has 2 unspecified atom stereocenters. The van der Waals surface area contributed by atoms with E-state index >= 15 is 0 Å². The van der Waals surface area contributed by atoms with Gasteiger partial charge in [0.05, 0.1) is 11.7 Å². The second-order valence-electron chi connectivity index (χ2n) is 8.57. The van der Waals surface area contributed by atoms with Crippen LogP contribution in [0.2, 0.25) is 0 Å². The number of carboxylic acid groups (broad SMARTS) is 1. The van der Waals surface area contributed by atoms with Gasteiger partial charge in [-0.3, -0.25) is 14.5 Å². The highest BCUT2D eigenvalue weighted by Gasteiger charge is 2.53. The molecule has 0 spiro atoms. The van der Waals surface area contributed by atoms with Crippen LogP contribution >= 0.6 is 23.3 Å². The van der Waals surface area contributed by atoms with E-state index in [1.807, 2.05) is 29.1 Å². The minimum absolute atomic E-state index is 0.0345. The molecule has 1 fully saturated rings. The molecule has 0 saturated carbocycles. The Bertz CT molecular complexity index is 1260. The van der Waals surface area contributed by atoms with E-state index in [-0.39, 0.29) is 35.0 Å². The number of carboxylic acids is 1. The van der Waals surface area contributed by atoms with Gasteiger partial charge in [-0.2, -0.15) is 9.36 Å². The summed E-state index contributed by atoms with van der Waals surface area (Å²) in [6.45, 7) is 4.26. The van der Waals surface area contributed by atoms with Crippen molar-refractivity contribution >= 4 is 51.9 Å². The number of nitrogen functional groups attached to an aromatic ring is 1. The summed E-state index contributed by atoms with van der Waals surface area (Å²) in [5.74, 6) is -2.46. The Morgan fingerprint density at radius 1 is 1.38 bits per heavy atom. The van der Waals surface area contributed by atoms with E-state index in [0.29, 0.717) is 17.9 Å². The number of nitrogens with one attached hydrogen (secondary N) is 1. The maximum atomic E-state index is 13.0. The molecule has 0 radical (unpaired) electrons. The summed E-state index contributed by atoms with van der Waals surface area (Å²) in [6.07, 6.45) is 4.09. The molecule has 2 aliphatic heterocycles. The molecule has 4 heterocycles. The van der Waals surface area contributed by atoms with Crippen LogP contribution in [0.1, 0.15) is 25.2 Å². The van der Waals surface area contributed by atoms with Crippen LogP contribution in [0, 0.1) is 0 Å². The topological polar surface area (TPSA) is 193 Å². The first-order valence-corrected chi connectivity index (χ1v) is 13.2. The molecular weight excluding hydrogens is 520 g/mol. The summed E-state index contributed by atoms with van der Waals surface area (Å²) >= 11 is 2.23. The number of carbonyl (C=O) groups excluding carboxylic acids is 3. The number of anilines is 1. The minimum atomic E-state index is -1.45. The third kappa shape index (κ3) is 5.73. The predicted octanol–water partition coefficient (Wildman–Crippen LogP) is -1.86. The van der Waals surface area contributed by atoms with Gasteiger partial charge in [0.2, 0.25) is 11.5 Å². The maximum Gasteiger partial charge on any atom is 0.278 e. The zero-order valence-electron chi connectivity index (χ0n) is 20.1. The standard InChI is InChI=1S/C22H26N8O5S2/c1-11(2)35-27-14(17-26-22(24)37-28-17)18(31)25-15-19(32)30-16(21(33)34)13(10-36-20(15)30)9-29-7-4-12(3-6-23)5-8-29/h4-5,7-8,11,15,20H,3,6,9-10,23H2,1-2H3,(H3-,24,25,26,28,31,33,34)/b27-14-. The van der Waals surface area contributed by atoms with Gasteiger partial charge in [0.1, 0.15) is 17.5 Å². The van der Waals surface area contributed by atoms with Crippen molar-refractivity contribution in [3.63, 3.8) is 0 Å². The number of hydrogen-bond acceptors (Lipinski definition) is 12. The van der Waals surface area contributed by atoms with E-state index < -0.39 is 29.2 Å². The van der Waals surface area contributed by atoms with Crippen LogP contribution in [0.5, 0.6) is 0 Å². The molecule has 1 saturated heterocycles. The Kier molecular flexibility index (Phi) is 8.04. The van der Waals surface area contributed by atoms with Gasteiger partial charge >= 0.3 is 0 Å². The van der Waals surface area contributed by atoms with Crippen molar-refractivity contribution in [2.24, 2.45) is 10.9 Å². The highest BCUT2D eigenvalue weighted by molar-refractivity contribution is 8.00. The number of pyridine rings is 1. The molecule has 2 aliphatic rings. The monoisotopic (exact) mass is 546 g/mol. The number of nitrogens with zero attached hydrogens (tertiary/aromatic N) is 5. The molecule has 15 heteroatoms. The van der Waals surface area contributed by atoms with Crippen LogP contribution in [-0.4, -0.2) is 67.6 Å². The van der Waals surface area contributed by atoms with Gasteiger partial charge in [-0.1, -0.05) is 5.16 Å². The van der Waals surface area contributed by atoms with Crippen molar-refractivity contribution in [3.05, 3.63) is 47.2 Å². The van der Waals surface area contributed by atoms with Crippen molar-refractivity contribution in [2.45, 2.75) is 44.3 Å². The molecule has 2 amide bonds. The van der Waals surface area contributed by atoms with Crippen LogP contribution in [0.15, 0.2) is 41.0 Å². The highest BCUT2D eigenvalue weighted by atomic mass is 32.2. The molecule has 0 aliphatic carbocycles. The normalized spacial score (nSPS) is 19.5.